The lowest BCUT2D eigenvalue weighted by Crippen LogP contribution is -2.44. The Morgan fingerprint density at radius 3 is 2.68 bits per heavy atom. The molecule has 0 saturated heterocycles. The first-order valence-electron chi connectivity index (χ1n) is 8.10. The second-order valence-electron chi connectivity index (χ2n) is 5.76. The molecule has 2 rings (SSSR count). The molecule has 1 aromatic heterocycles. The van der Waals surface area contributed by atoms with Crippen molar-refractivity contribution in [1.82, 2.24) is 15.6 Å². The van der Waals surface area contributed by atoms with Gasteiger partial charge >= 0.3 is 0 Å². The molecular formula is C18H27IN4O2. The number of nitrogens with one attached hydrogen (secondary N) is 2. The first kappa shape index (κ1) is 21.4. The molecule has 0 amide bonds. The highest BCUT2D eigenvalue weighted by Crippen LogP contribution is 2.19. The Hall–Kier alpha value is -1.61. The van der Waals surface area contributed by atoms with Crippen molar-refractivity contribution in [3.05, 3.63) is 41.8 Å². The van der Waals surface area contributed by atoms with E-state index in [1.807, 2.05) is 19.1 Å². The van der Waals surface area contributed by atoms with Gasteiger partial charge in [-0.05, 0) is 26.0 Å². The number of oxazole rings is 1. The molecule has 138 valence electrons. The highest BCUT2D eigenvalue weighted by atomic mass is 127. The van der Waals surface area contributed by atoms with Gasteiger partial charge in [0.1, 0.15) is 6.26 Å². The van der Waals surface area contributed by atoms with Crippen molar-refractivity contribution in [2.24, 2.45) is 4.99 Å². The smallest absolute Gasteiger partial charge is 0.226 e. The SMILES string of the molecule is CN=C(NCCc1coc(-c2ccc(C)cc2)n1)NC(C)COC.I. The molecule has 0 aliphatic heterocycles. The number of rotatable bonds is 7. The number of aliphatic imine (C=N–C) groups is 1. The summed E-state index contributed by atoms with van der Waals surface area (Å²) in [5.74, 6) is 1.41. The Kier molecular flexibility index (Phi) is 9.51. The van der Waals surface area contributed by atoms with E-state index in [1.54, 1.807) is 20.4 Å². The number of methoxy groups -OCH3 is 1. The molecular weight excluding hydrogens is 431 g/mol. The number of halogens is 1. The van der Waals surface area contributed by atoms with Gasteiger partial charge in [-0.2, -0.15) is 0 Å². The largest absolute Gasteiger partial charge is 0.444 e. The van der Waals surface area contributed by atoms with Crippen LogP contribution in [0.2, 0.25) is 0 Å². The van der Waals surface area contributed by atoms with Crippen molar-refractivity contribution < 1.29 is 9.15 Å². The normalized spacial score (nSPS) is 12.4. The number of aryl methyl sites for hydroxylation is 1. The molecule has 0 radical (unpaired) electrons. The van der Waals surface area contributed by atoms with Crippen molar-refractivity contribution >= 4 is 29.9 Å². The zero-order valence-electron chi connectivity index (χ0n) is 15.2. The van der Waals surface area contributed by atoms with Crippen LogP contribution in [0, 0.1) is 6.92 Å². The molecule has 2 aromatic rings. The van der Waals surface area contributed by atoms with E-state index in [-0.39, 0.29) is 30.0 Å². The van der Waals surface area contributed by atoms with E-state index in [0.717, 1.165) is 30.2 Å². The Labute approximate surface area is 166 Å². The molecule has 1 heterocycles. The maximum Gasteiger partial charge on any atom is 0.226 e. The van der Waals surface area contributed by atoms with E-state index in [9.17, 15) is 0 Å². The van der Waals surface area contributed by atoms with Crippen LogP contribution in [-0.4, -0.2) is 44.3 Å². The Morgan fingerprint density at radius 1 is 1.32 bits per heavy atom. The molecule has 0 saturated carbocycles. The van der Waals surface area contributed by atoms with Gasteiger partial charge < -0.3 is 19.8 Å². The predicted molar refractivity (Wildman–Crippen MR) is 112 cm³/mol. The molecule has 0 aliphatic rings. The third-order valence-electron chi connectivity index (χ3n) is 3.55. The number of ether oxygens (including phenoxy) is 1. The standard InChI is InChI=1S/C18H26N4O2.HI/c1-13-5-7-15(8-6-13)17-22-16(12-24-17)9-10-20-18(19-3)21-14(2)11-23-4;/h5-8,12,14H,9-11H2,1-4H3,(H2,19,20,21);1H. The van der Waals surface area contributed by atoms with E-state index in [1.165, 1.54) is 5.56 Å². The van der Waals surface area contributed by atoms with E-state index < -0.39 is 0 Å². The first-order valence-corrected chi connectivity index (χ1v) is 8.10. The van der Waals surface area contributed by atoms with E-state index in [0.29, 0.717) is 12.5 Å². The summed E-state index contributed by atoms with van der Waals surface area (Å²) in [6, 6.07) is 8.34. The lowest BCUT2D eigenvalue weighted by atomic mass is 10.1. The molecule has 7 heteroatoms. The van der Waals surface area contributed by atoms with Crippen LogP contribution in [0.3, 0.4) is 0 Å². The van der Waals surface area contributed by atoms with Gasteiger partial charge in [0.2, 0.25) is 5.89 Å². The molecule has 0 aliphatic carbocycles. The van der Waals surface area contributed by atoms with Crippen molar-refractivity contribution in [3.8, 4) is 11.5 Å². The van der Waals surface area contributed by atoms with Crippen LogP contribution in [-0.2, 0) is 11.2 Å². The van der Waals surface area contributed by atoms with Gasteiger partial charge in [-0.25, -0.2) is 4.98 Å². The molecule has 0 bridgehead atoms. The number of nitrogens with zero attached hydrogens (tertiary/aromatic N) is 2. The fourth-order valence-corrected chi connectivity index (χ4v) is 2.28. The highest BCUT2D eigenvalue weighted by molar-refractivity contribution is 14.0. The summed E-state index contributed by atoms with van der Waals surface area (Å²) in [4.78, 5) is 8.73. The predicted octanol–water partition coefficient (Wildman–Crippen LogP) is 3.01. The molecule has 0 spiro atoms. The van der Waals surface area contributed by atoms with Gasteiger partial charge in [0.25, 0.3) is 0 Å². The quantitative estimate of drug-likeness (QED) is 0.379. The third kappa shape index (κ3) is 7.03. The highest BCUT2D eigenvalue weighted by Gasteiger charge is 2.08. The molecule has 0 fully saturated rings. The van der Waals surface area contributed by atoms with Crippen LogP contribution >= 0.6 is 24.0 Å². The number of benzene rings is 1. The van der Waals surface area contributed by atoms with Crippen LogP contribution in [0.1, 0.15) is 18.2 Å². The Balaban J connectivity index is 0.00000312. The zero-order valence-corrected chi connectivity index (χ0v) is 17.5. The average Bonchev–Trinajstić information content (AvgIpc) is 3.03. The summed E-state index contributed by atoms with van der Waals surface area (Å²) in [7, 11) is 3.44. The number of aromatic nitrogens is 1. The molecule has 1 atom stereocenters. The second kappa shape index (κ2) is 11.1. The summed E-state index contributed by atoms with van der Waals surface area (Å²) in [5, 5.41) is 6.53. The first-order chi connectivity index (χ1) is 11.6. The maximum absolute atomic E-state index is 5.57. The summed E-state index contributed by atoms with van der Waals surface area (Å²) in [6.45, 7) is 5.45. The maximum atomic E-state index is 5.57. The van der Waals surface area contributed by atoms with Crippen LogP contribution in [0.5, 0.6) is 0 Å². The van der Waals surface area contributed by atoms with Crippen LogP contribution < -0.4 is 10.6 Å². The van der Waals surface area contributed by atoms with E-state index in [4.69, 9.17) is 9.15 Å². The van der Waals surface area contributed by atoms with Gasteiger partial charge in [0.15, 0.2) is 5.96 Å². The summed E-state index contributed by atoms with van der Waals surface area (Å²) < 4.78 is 10.7. The van der Waals surface area contributed by atoms with Gasteiger partial charge in [0, 0.05) is 38.7 Å². The van der Waals surface area contributed by atoms with E-state index in [2.05, 4.69) is 39.7 Å². The minimum atomic E-state index is 0. The topological polar surface area (TPSA) is 71.7 Å². The molecule has 1 aromatic carbocycles. The minimum Gasteiger partial charge on any atom is -0.444 e. The van der Waals surface area contributed by atoms with Gasteiger partial charge in [-0.15, -0.1) is 24.0 Å². The summed E-state index contributed by atoms with van der Waals surface area (Å²) >= 11 is 0. The van der Waals surface area contributed by atoms with Crippen LogP contribution in [0.15, 0.2) is 39.9 Å². The number of guanidine groups is 1. The fourth-order valence-electron chi connectivity index (χ4n) is 2.28. The lowest BCUT2D eigenvalue weighted by Gasteiger charge is -2.16. The Bertz CT molecular complexity index is 655. The lowest BCUT2D eigenvalue weighted by molar-refractivity contribution is 0.179. The van der Waals surface area contributed by atoms with Crippen molar-refractivity contribution in [2.75, 3.05) is 27.3 Å². The molecule has 6 nitrogen and oxygen atoms in total. The number of hydrogen-bond donors (Lipinski definition) is 2. The minimum absolute atomic E-state index is 0. The summed E-state index contributed by atoms with van der Waals surface area (Å²) in [6.07, 6.45) is 2.47. The van der Waals surface area contributed by atoms with Crippen LogP contribution in [0.4, 0.5) is 0 Å². The average molecular weight is 458 g/mol. The van der Waals surface area contributed by atoms with Crippen molar-refractivity contribution in [3.63, 3.8) is 0 Å². The molecule has 1 unspecified atom stereocenters. The molecule has 25 heavy (non-hydrogen) atoms. The Morgan fingerprint density at radius 2 is 2.04 bits per heavy atom. The summed E-state index contributed by atoms with van der Waals surface area (Å²) in [5.41, 5.74) is 3.13. The van der Waals surface area contributed by atoms with Gasteiger partial charge in [-0.1, -0.05) is 17.7 Å². The van der Waals surface area contributed by atoms with Crippen molar-refractivity contribution in [2.45, 2.75) is 26.3 Å². The monoisotopic (exact) mass is 458 g/mol. The second-order valence-corrected chi connectivity index (χ2v) is 5.76. The van der Waals surface area contributed by atoms with Crippen molar-refractivity contribution in [1.29, 1.82) is 0 Å². The zero-order chi connectivity index (χ0) is 17.4. The van der Waals surface area contributed by atoms with Gasteiger partial charge in [-0.3, -0.25) is 4.99 Å². The number of hydrogen-bond acceptors (Lipinski definition) is 4. The third-order valence-corrected chi connectivity index (χ3v) is 3.55. The van der Waals surface area contributed by atoms with Gasteiger partial charge in [0.05, 0.1) is 12.3 Å². The fraction of sp³-hybridized carbons (Fsp3) is 0.444. The van der Waals surface area contributed by atoms with E-state index >= 15 is 0 Å². The van der Waals surface area contributed by atoms with Crippen LogP contribution in [0.25, 0.3) is 11.5 Å². The molecule has 2 N–H and O–H groups in total.